The number of nitrogens with two attached hydrogens (primary N) is 1. The first-order valence-electron chi connectivity index (χ1n) is 8.43. The molecule has 0 radical (unpaired) electrons. The number of aromatic amines is 1. The summed E-state index contributed by atoms with van der Waals surface area (Å²) in [5.41, 5.74) is 10.1. The van der Waals surface area contributed by atoms with E-state index in [0.29, 0.717) is 16.9 Å². The van der Waals surface area contributed by atoms with Crippen LogP contribution in [0, 0.1) is 0 Å². The van der Waals surface area contributed by atoms with Gasteiger partial charge >= 0.3 is 0 Å². The van der Waals surface area contributed by atoms with Crippen molar-refractivity contribution in [3.63, 3.8) is 0 Å². The fourth-order valence-corrected chi connectivity index (χ4v) is 2.81. The zero-order valence-corrected chi connectivity index (χ0v) is 14.7. The Morgan fingerprint density at radius 2 is 1.78 bits per heavy atom. The Morgan fingerprint density at radius 3 is 2.48 bits per heavy atom. The van der Waals surface area contributed by atoms with Gasteiger partial charge in [0.1, 0.15) is 11.6 Å². The Balaban J connectivity index is 1.58. The maximum atomic E-state index is 12.4. The van der Waals surface area contributed by atoms with Crippen LogP contribution >= 0.6 is 0 Å². The summed E-state index contributed by atoms with van der Waals surface area (Å²) in [7, 11) is 1.64. The molecule has 1 amide bonds. The molecule has 0 aliphatic carbocycles. The number of carbonyl (C=O) groups is 1. The van der Waals surface area contributed by atoms with Crippen molar-refractivity contribution >= 4 is 28.3 Å². The van der Waals surface area contributed by atoms with Crippen LogP contribution in [0.5, 0.6) is 5.75 Å². The van der Waals surface area contributed by atoms with Crippen LogP contribution in [0.15, 0.2) is 66.7 Å². The average Bonchev–Trinajstić information content (AvgIpc) is 3.12. The molecule has 0 atom stereocenters. The van der Waals surface area contributed by atoms with Gasteiger partial charge in [0.25, 0.3) is 5.91 Å². The topological polar surface area (TPSA) is 93.0 Å². The van der Waals surface area contributed by atoms with Crippen molar-refractivity contribution in [1.82, 2.24) is 9.97 Å². The van der Waals surface area contributed by atoms with Gasteiger partial charge in [0.05, 0.1) is 18.1 Å². The molecule has 0 saturated heterocycles. The maximum Gasteiger partial charge on any atom is 0.255 e. The van der Waals surface area contributed by atoms with E-state index < -0.39 is 0 Å². The number of nitrogens with one attached hydrogen (secondary N) is 2. The second-order valence-corrected chi connectivity index (χ2v) is 6.12. The van der Waals surface area contributed by atoms with Crippen LogP contribution in [-0.4, -0.2) is 23.0 Å². The number of aromatic nitrogens is 2. The molecule has 4 aromatic rings. The van der Waals surface area contributed by atoms with Gasteiger partial charge in [-0.15, -0.1) is 0 Å². The molecule has 0 unspecified atom stereocenters. The van der Waals surface area contributed by atoms with Crippen molar-refractivity contribution in [2.24, 2.45) is 0 Å². The monoisotopic (exact) mass is 358 g/mol. The molecule has 1 heterocycles. The van der Waals surface area contributed by atoms with Crippen LogP contribution < -0.4 is 15.8 Å². The first-order chi connectivity index (χ1) is 13.1. The summed E-state index contributed by atoms with van der Waals surface area (Å²) in [5.74, 6) is 1.36. The summed E-state index contributed by atoms with van der Waals surface area (Å²) >= 11 is 0. The highest BCUT2D eigenvalue weighted by Gasteiger charge is 2.09. The van der Waals surface area contributed by atoms with Crippen LogP contribution in [0.2, 0.25) is 0 Å². The molecule has 0 bridgehead atoms. The van der Waals surface area contributed by atoms with Crippen molar-refractivity contribution < 1.29 is 9.53 Å². The number of nitrogens with zero attached hydrogens (tertiary/aromatic N) is 1. The predicted molar refractivity (Wildman–Crippen MR) is 107 cm³/mol. The zero-order chi connectivity index (χ0) is 18.8. The van der Waals surface area contributed by atoms with Crippen LogP contribution in [0.1, 0.15) is 10.4 Å². The Bertz CT molecular complexity index is 1100. The lowest BCUT2D eigenvalue weighted by atomic mass is 10.2. The quantitative estimate of drug-likeness (QED) is 0.479. The first kappa shape index (κ1) is 16.7. The Hall–Kier alpha value is -3.80. The van der Waals surface area contributed by atoms with E-state index in [4.69, 9.17) is 10.5 Å². The van der Waals surface area contributed by atoms with E-state index in [9.17, 15) is 4.79 Å². The molecular weight excluding hydrogens is 340 g/mol. The molecule has 0 aliphatic heterocycles. The van der Waals surface area contributed by atoms with E-state index in [1.807, 2.05) is 42.5 Å². The Labute approximate surface area is 156 Å². The normalized spacial score (nSPS) is 10.7. The number of anilines is 2. The van der Waals surface area contributed by atoms with Gasteiger partial charge in [-0.25, -0.2) is 4.98 Å². The van der Waals surface area contributed by atoms with E-state index in [2.05, 4.69) is 15.3 Å². The van der Waals surface area contributed by atoms with Crippen LogP contribution in [0.25, 0.3) is 22.4 Å². The molecule has 4 N–H and O–H groups in total. The SMILES string of the molecule is COc1ccc(-c2nc3ccc(NC(=O)c4ccc(N)cc4)cc3[nH]2)cc1. The number of benzene rings is 3. The molecule has 6 nitrogen and oxygen atoms in total. The van der Waals surface area contributed by atoms with Gasteiger partial charge in [0, 0.05) is 22.5 Å². The van der Waals surface area contributed by atoms with E-state index in [1.54, 1.807) is 31.4 Å². The van der Waals surface area contributed by atoms with Crippen molar-refractivity contribution in [3.8, 4) is 17.1 Å². The molecule has 3 aromatic carbocycles. The molecule has 134 valence electrons. The van der Waals surface area contributed by atoms with E-state index in [1.165, 1.54) is 0 Å². The number of nitrogen functional groups attached to an aromatic ring is 1. The number of methoxy groups -OCH3 is 1. The second-order valence-electron chi connectivity index (χ2n) is 6.12. The van der Waals surface area contributed by atoms with Gasteiger partial charge < -0.3 is 20.8 Å². The number of hydrogen-bond acceptors (Lipinski definition) is 4. The lowest BCUT2D eigenvalue weighted by Gasteiger charge is -2.05. The highest BCUT2D eigenvalue weighted by molar-refractivity contribution is 6.05. The van der Waals surface area contributed by atoms with Crippen LogP contribution in [0.3, 0.4) is 0 Å². The number of ether oxygens (including phenoxy) is 1. The van der Waals surface area contributed by atoms with Crippen molar-refractivity contribution in [2.75, 3.05) is 18.2 Å². The van der Waals surface area contributed by atoms with Gasteiger partial charge in [-0.05, 0) is 66.7 Å². The van der Waals surface area contributed by atoms with E-state index in [-0.39, 0.29) is 5.91 Å². The number of hydrogen-bond donors (Lipinski definition) is 3. The number of rotatable bonds is 4. The second kappa shape index (κ2) is 6.84. The number of imidazole rings is 1. The number of carbonyl (C=O) groups excluding carboxylic acids is 1. The highest BCUT2D eigenvalue weighted by Crippen LogP contribution is 2.24. The molecule has 27 heavy (non-hydrogen) atoms. The third-order valence-corrected chi connectivity index (χ3v) is 4.28. The summed E-state index contributed by atoms with van der Waals surface area (Å²) in [5, 5.41) is 2.89. The smallest absolute Gasteiger partial charge is 0.255 e. The summed E-state index contributed by atoms with van der Waals surface area (Å²) in [6.45, 7) is 0. The number of H-pyrrole nitrogens is 1. The molecule has 4 rings (SSSR count). The van der Waals surface area contributed by atoms with Gasteiger partial charge in [0.2, 0.25) is 0 Å². The fraction of sp³-hybridized carbons (Fsp3) is 0.0476. The first-order valence-corrected chi connectivity index (χ1v) is 8.43. The molecular formula is C21H18N4O2. The fourth-order valence-electron chi connectivity index (χ4n) is 2.81. The van der Waals surface area contributed by atoms with Crippen molar-refractivity contribution in [1.29, 1.82) is 0 Å². The summed E-state index contributed by atoms with van der Waals surface area (Å²) < 4.78 is 5.18. The van der Waals surface area contributed by atoms with Crippen LogP contribution in [0.4, 0.5) is 11.4 Å². The standard InChI is InChI=1S/C21H18N4O2/c1-27-17-9-4-13(5-10-17)20-24-18-11-8-16(12-19(18)25-20)23-21(26)14-2-6-15(22)7-3-14/h2-12H,22H2,1H3,(H,23,26)(H,24,25). The molecule has 0 aliphatic rings. The van der Waals surface area contributed by atoms with Crippen molar-refractivity contribution in [3.05, 3.63) is 72.3 Å². The molecule has 6 heteroatoms. The molecule has 0 fully saturated rings. The Kier molecular flexibility index (Phi) is 4.22. The third-order valence-electron chi connectivity index (χ3n) is 4.28. The van der Waals surface area contributed by atoms with E-state index in [0.717, 1.165) is 28.2 Å². The number of fused-ring (bicyclic) bond motifs is 1. The maximum absolute atomic E-state index is 12.4. The van der Waals surface area contributed by atoms with Gasteiger partial charge in [-0.2, -0.15) is 0 Å². The van der Waals surface area contributed by atoms with Gasteiger partial charge in [-0.3, -0.25) is 4.79 Å². The summed E-state index contributed by atoms with van der Waals surface area (Å²) in [4.78, 5) is 20.3. The Morgan fingerprint density at radius 1 is 1.04 bits per heavy atom. The number of amides is 1. The molecule has 0 saturated carbocycles. The van der Waals surface area contributed by atoms with Crippen LogP contribution in [-0.2, 0) is 0 Å². The zero-order valence-electron chi connectivity index (χ0n) is 14.7. The molecule has 0 spiro atoms. The van der Waals surface area contributed by atoms with Gasteiger partial charge in [-0.1, -0.05) is 0 Å². The average molecular weight is 358 g/mol. The molecule has 1 aromatic heterocycles. The summed E-state index contributed by atoms with van der Waals surface area (Å²) in [6.07, 6.45) is 0. The van der Waals surface area contributed by atoms with E-state index >= 15 is 0 Å². The van der Waals surface area contributed by atoms with Crippen molar-refractivity contribution in [2.45, 2.75) is 0 Å². The van der Waals surface area contributed by atoms with Gasteiger partial charge in [0.15, 0.2) is 0 Å². The largest absolute Gasteiger partial charge is 0.497 e. The lowest BCUT2D eigenvalue weighted by molar-refractivity contribution is 0.102. The minimum absolute atomic E-state index is 0.191. The summed E-state index contributed by atoms with van der Waals surface area (Å²) in [6, 6.07) is 20.0. The highest BCUT2D eigenvalue weighted by atomic mass is 16.5. The minimum atomic E-state index is -0.191. The minimum Gasteiger partial charge on any atom is -0.497 e. The lowest BCUT2D eigenvalue weighted by Crippen LogP contribution is -2.11. The predicted octanol–water partition coefficient (Wildman–Crippen LogP) is 4.07. The third kappa shape index (κ3) is 3.46.